The van der Waals surface area contributed by atoms with Crippen molar-refractivity contribution in [1.82, 2.24) is 25.0 Å². The van der Waals surface area contributed by atoms with E-state index in [4.69, 9.17) is 0 Å². The molecule has 0 spiro atoms. The molecule has 0 bridgehead atoms. The molecule has 4 rings (SSSR count). The van der Waals surface area contributed by atoms with Gasteiger partial charge < -0.3 is 9.47 Å². The number of rotatable bonds is 2. The van der Waals surface area contributed by atoms with Crippen molar-refractivity contribution in [2.24, 2.45) is 0 Å². The van der Waals surface area contributed by atoms with Gasteiger partial charge in [0.25, 0.3) is 5.92 Å². The van der Waals surface area contributed by atoms with Gasteiger partial charge in [-0.05, 0) is 6.92 Å². The van der Waals surface area contributed by atoms with E-state index in [1.54, 1.807) is 4.90 Å². The Morgan fingerprint density at radius 1 is 1.28 bits per heavy atom. The highest BCUT2D eigenvalue weighted by molar-refractivity contribution is 5.82. The zero-order valence-corrected chi connectivity index (χ0v) is 13.8. The van der Waals surface area contributed by atoms with Crippen LogP contribution in [0.15, 0.2) is 30.3 Å². The summed E-state index contributed by atoms with van der Waals surface area (Å²) in [5, 5.41) is 11.1. The van der Waals surface area contributed by atoms with E-state index in [2.05, 4.69) is 15.5 Å². The van der Waals surface area contributed by atoms with Crippen molar-refractivity contribution in [1.29, 1.82) is 0 Å². The SMILES string of the molecule is C[C@H]1CN(C(=O)[C@@H]2CC(F)(F)CN2)Cc2nnc(-c3ccccc3)n21. The molecule has 1 aromatic carbocycles. The number of hydrogen-bond donors (Lipinski definition) is 1. The Bertz CT molecular complexity index is 792. The normalized spacial score (nSPS) is 25.0. The summed E-state index contributed by atoms with van der Waals surface area (Å²) in [5.41, 5.74) is 0.963. The highest BCUT2D eigenvalue weighted by Crippen LogP contribution is 2.30. The molecule has 2 aliphatic rings. The minimum absolute atomic E-state index is 0.0279. The van der Waals surface area contributed by atoms with Gasteiger partial charge in [0, 0.05) is 18.5 Å². The van der Waals surface area contributed by atoms with Crippen LogP contribution in [0.5, 0.6) is 0 Å². The first-order valence-corrected chi connectivity index (χ1v) is 8.34. The van der Waals surface area contributed by atoms with Crippen molar-refractivity contribution < 1.29 is 13.6 Å². The van der Waals surface area contributed by atoms with Crippen LogP contribution in [0.1, 0.15) is 25.2 Å². The number of aromatic nitrogens is 3. The molecule has 1 aromatic heterocycles. The Morgan fingerprint density at radius 2 is 2.04 bits per heavy atom. The first kappa shape index (κ1) is 16.1. The third kappa shape index (κ3) is 2.90. The molecule has 1 N–H and O–H groups in total. The molecule has 2 atom stereocenters. The van der Waals surface area contributed by atoms with E-state index in [-0.39, 0.29) is 18.5 Å². The molecule has 0 aliphatic carbocycles. The van der Waals surface area contributed by atoms with E-state index in [1.165, 1.54) is 0 Å². The lowest BCUT2D eigenvalue weighted by Crippen LogP contribution is -2.47. The quantitative estimate of drug-likeness (QED) is 0.901. The third-order valence-corrected chi connectivity index (χ3v) is 4.78. The number of nitrogens with one attached hydrogen (secondary N) is 1. The lowest BCUT2D eigenvalue weighted by Gasteiger charge is -2.34. The molecule has 25 heavy (non-hydrogen) atoms. The summed E-state index contributed by atoms with van der Waals surface area (Å²) in [6.45, 7) is 2.27. The predicted molar refractivity (Wildman–Crippen MR) is 86.9 cm³/mol. The molecular weight excluding hydrogens is 328 g/mol. The van der Waals surface area contributed by atoms with Crippen LogP contribution in [0.4, 0.5) is 8.78 Å². The highest BCUT2D eigenvalue weighted by atomic mass is 19.3. The molecule has 1 fully saturated rings. The van der Waals surface area contributed by atoms with Gasteiger partial charge in [0.2, 0.25) is 5.91 Å². The first-order valence-electron chi connectivity index (χ1n) is 8.34. The summed E-state index contributed by atoms with van der Waals surface area (Å²) in [6.07, 6.45) is -0.446. The summed E-state index contributed by atoms with van der Waals surface area (Å²) < 4.78 is 28.8. The molecule has 8 heteroatoms. The average Bonchev–Trinajstić information content (AvgIpc) is 3.18. The van der Waals surface area contributed by atoms with Gasteiger partial charge in [-0.25, -0.2) is 8.78 Å². The van der Waals surface area contributed by atoms with Crippen molar-refractivity contribution >= 4 is 5.91 Å². The summed E-state index contributed by atoms with van der Waals surface area (Å²) in [6, 6.07) is 8.88. The summed E-state index contributed by atoms with van der Waals surface area (Å²) in [7, 11) is 0. The monoisotopic (exact) mass is 347 g/mol. The summed E-state index contributed by atoms with van der Waals surface area (Å²) in [4.78, 5) is 14.2. The van der Waals surface area contributed by atoms with Crippen LogP contribution < -0.4 is 5.32 Å². The zero-order valence-electron chi connectivity index (χ0n) is 13.8. The number of nitrogens with zero attached hydrogens (tertiary/aromatic N) is 4. The number of amides is 1. The third-order valence-electron chi connectivity index (χ3n) is 4.78. The van der Waals surface area contributed by atoms with Crippen molar-refractivity contribution in [3.8, 4) is 11.4 Å². The van der Waals surface area contributed by atoms with E-state index in [9.17, 15) is 13.6 Å². The molecule has 6 nitrogen and oxygen atoms in total. The standard InChI is InChI=1S/C17H19F2N5O/c1-11-8-23(16(25)13-7-17(18,19)10-20-13)9-14-21-22-15(24(11)14)12-5-3-2-4-6-12/h2-6,11,13,20H,7-10H2,1H3/t11-,13-/m0/s1. The first-order chi connectivity index (χ1) is 11.9. The van der Waals surface area contributed by atoms with Crippen LogP contribution in [-0.2, 0) is 11.3 Å². The minimum Gasteiger partial charge on any atom is -0.332 e. The average molecular weight is 347 g/mol. The van der Waals surface area contributed by atoms with Crippen LogP contribution in [-0.4, -0.2) is 50.6 Å². The summed E-state index contributed by atoms with van der Waals surface area (Å²) in [5.74, 6) is -1.67. The maximum Gasteiger partial charge on any atom is 0.262 e. The smallest absolute Gasteiger partial charge is 0.262 e. The largest absolute Gasteiger partial charge is 0.332 e. The van der Waals surface area contributed by atoms with Gasteiger partial charge in [-0.15, -0.1) is 10.2 Å². The van der Waals surface area contributed by atoms with Gasteiger partial charge in [-0.3, -0.25) is 10.1 Å². The lowest BCUT2D eigenvalue weighted by atomic mass is 10.1. The van der Waals surface area contributed by atoms with Crippen LogP contribution in [0.25, 0.3) is 11.4 Å². The van der Waals surface area contributed by atoms with E-state index >= 15 is 0 Å². The topological polar surface area (TPSA) is 63.1 Å². The molecule has 0 unspecified atom stereocenters. The van der Waals surface area contributed by atoms with Crippen LogP contribution >= 0.6 is 0 Å². The molecule has 2 aliphatic heterocycles. The fourth-order valence-electron chi connectivity index (χ4n) is 3.59. The number of carbonyl (C=O) groups excluding carboxylic acids is 1. The molecule has 1 saturated heterocycles. The van der Waals surface area contributed by atoms with E-state index in [1.807, 2.05) is 41.8 Å². The van der Waals surface area contributed by atoms with Gasteiger partial charge in [0.1, 0.15) is 0 Å². The number of benzene rings is 1. The lowest BCUT2D eigenvalue weighted by molar-refractivity contribution is -0.135. The van der Waals surface area contributed by atoms with Crippen LogP contribution in [0.3, 0.4) is 0 Å². The van der Waals surface area contributed by atoms with Gasteiger partial charge in [0.05, 0.1) is 25.2 Å². The Hall–Kier alpha value is -2.35. The van der Waals surface area contributed by atoms with Crippen molar-refractivity contribution in [2.75, 3.05) is 13.1 Å². The van der Waals surface area contributed by atoms with Crippen LogP contribution in [0.2, 0.25) is 0 Å². The second kappa shape index (κ2) is 5.87. The van der Waals surface area contributed by atoms with Gasteiger partial charge in [-0.2, -0.15) is 0 Å². The second-order valence-electron chi connectivity index (χ2n) is 6.74. The number of halogens is 2. The van der Waals surface area contributed by atoms with Crippen molar-refractivity contribution in [3.05, 3.63) is 36.2 Å². The van der Waals surface area contributed by atoms with Gasteiger partial charge in [0.15, 0.2) is 11.6 Å². The number of hydrogen-bond acceptors (Lipinski definition) is 4. The van der Waals surface area contributed by atoms with Gasteiger partial charge in [-0.1, -0.05) is 30.3 Å². The molecule has 0 saturated carbocycles. The molecule has 1 amide bonds. The minimum atomic E-state index is -2.82. The Kier molecular flexibility index (Phi) is 3.79. The maximum absolute atomic E-state index is 13.4. The fourth-order valence-corrected chi connectivity index (χ4v) is 3.59. The number of carbonyl (C=O) groups is 1. The Morgan fingerprint density at radius 3 is 2.72 bits per heavy atom. The molecule has 0 radical (unpaired) electrons. The maximum atomic E-state index is 13.4. The number of fused-ring (bicyclic) bond motifs is 1. The van der Waals surface area contributed by atoms with Crippen LogP contribution in [0, 0.1) is 0 Å². The van der Waals surface area contributed by atoms with Gasteiger partial charge >= 0.3 is 0 Å². The Balaban J connectivity index is 1.57. The molecule has 132 valence electrons. The van der Waals surface area contributed by atoms with E-state index < -0.39 is 24.9 Å². The highest BCUT2D eigenvalue weighted by Gasteiger charge is 2.44. The van der Waals surface area contributed by atoms with E-state index in [0.717, 1.165) is 11.4 Å². The molecule has 3 heterocycles. The molecular formula is C17H19F2N5O. The van der Waals surface area contributed by atoms with Crippen molar-refractivity contribution in [3.63, 3.8) is 0 Å². The Labute approximate surface area is 143 Å². The predicted octanol–water partition coefficient (Wildman–Crippen LogP) is 1.85. The zero-order chi connectivity index (χ0) is 17.6. The fraction of sp³-hybridized carbons (Fsp3) is 0.471. The van der Waals surface area contributed by atoms with E-state index in [0.29, 0.717) is 12.4 Å². The molecule has 2 aromatic rings. The number of alkyl halides is 2. The summed E-state index contributed by atoms with van der Waals surface area (Å²) >= 11 is 0. The second-order valence-corrected chi connectivity index (χ2v) is 6.74. The van der Waals surface area contributed by atoms with Crippen molar-refractivity contribution in [2.45, 2.75) is 37.9 Å².